The molecular weight excluding hydrogens is 442 g/mol. The van der Waals surface area contributed by atoms with Crippen molar-refractivity contribution in [2.24, 2.45) is 11.8 Å². The minimum atomic E-state index is 0.0585. The minimum Gasteiger partial charge on any atom is -0.379 e. The summed E-state index contributed by atoms with van der Waals surface area (Å²) >= 11 is 0. The molecule has 3 heterocycles. The van der Waals surface area contributed by atoms with E-state index >= 15 is 0 Å². The van der Waals surface area contributed by atoms with Crippen molar-refractivity contribution >= 4 is 11.8 Å². The molecule has 1 aromatic rings. The molecule has 194 valence electrons. The summed E-state index contributed by atoms with van der Waals surface area (Å²) in [7, 11) is 0. The molecule has 2 amide bonds. The van der Waals surface area contributed by atoms with E-state index in [0.717, 1.165) is 77.7 Å². The van der Waals surface area contributed by atoms with Crippen LogP contribution in [0.25, 0.3) is 0 Å². The van der Waals surface area contributed by atoms with Crippen LogP contribution >= 0.6 is 0 Å². The average molecular weight is 486 g/mol. The van der Waals surface area contributed by atoms with Crippen molar-refractivity contribution in [2.45, 2.75) is 33.4 Å². The predicted molar refractivity (Wildman–Crippen MR) is 137 cm³/mol. The molecule has 8 heteroatoms. The molecule has 2 atom stereocenters. The second kappa shape index (κ2) is 12.8. The zero-order valence-corrected chi connectivity index (χ0v) is 21.6. The fourth-order valence-corrected chi connectivity index (χ4v) is 5.50. The van der Waals surface area contributed by atoms with Crippen molar-refractivity contribution in [3.63, 3.8) is 0 Å². The van der Waals surface area contributed by atoms with E-state index in [2.05, 4.69) is 58.1 Å². The first-order valence-corrected chi connectivity index (χ1v) is 13.3. The van der Waals surface area contributed by atoms with Gasteiger partial charge in [0.2, 0.25) is 11.8 Å². The molecule has 1 N–H and O–H groups in total. The highest BCUT2D eigenvalue weighted by molar-refractivity contribution is 5.79. The van der Waals surface area contributed by atoms with Gasteiger partial charge < -0.3 is 15.0 Å². The van der Waals surface area contributed by atoms with Crippen LogP contribution in [-0.2, 0) is 27.4 Å². The van der Waals surface area contributed by atoms with Crippen LogP contribution in [0, 0.1) is 11.8 Å². The summed E-state index contributed by atoms with van der Waals surface area (Å²) in [5.74, 6) is 1.49. The van der Waals surface area contributed by atoms with Crippen molar-refractivity contribution in [1.82, 2.24) is 24.9 Å². The van der Waals surface area contributed by atoms with Gasteiger partial charge in [-0.2, -0.15) is 0 Å². The van der Waals surface area contributed by atoms with Gasteiger partial charge in [0.05, 0.1) is 26.3 Å². The molecule has 0 aliphatic carbocycles. The standard InChI is InChI=1S/C27H43N5O3/c1-22-15-23(2)18-32(17-22)27(34)21-30-9-7-29(8-10-30)20-26(33)28-16-24-3-5-25(6-4-24)19-31-11-13-35-14-12-31/h3-6,22-23H,7-21H2,1-2H3,(H,28,33). The maximum absolute atomic E-state index is 12.8. The topological polar surface area (TPSA) is 68.4 Å². The zero-order valence-electron chi connectivity index (χ0n) is 21.6. The van der Waals surface area contributed by atoms with E-state index in [1.54, 1.807) is 0 Å². The van der Waals surface area contributed by atoms with Gasteiger partial charge >= 0.3 is 0 Å². The first kappa shape index (κ1) is 26.1. The maximum Gasteiger partial charge on any atom is 0.236 e. The molecule has 35 heavy (non-hydrogen) atoms. The third kappa shape index (κ3) is 8.27. The number of piperidine rings is 1. The zero-order chi connectivity index (χ0) is 24.6. The SMILES string of the molecule is CC1CC(C)CN(C(=O)CN2CCN(CC(=O)NCc3ccc(CN4CCOCC4)cc3)CC2)C1. The van der Waals surface area contributed by atoms with Gasteiger partial charge in [0.1, 0.15) is 0 Å². The summed E-state index contributed by atoms with van der Waals surface area (Å²) in [6.07, 6.45) is 1.21. The van der Waals surface area contributed by atoms with Crippen LogP contribution in [0.15, 0.2) is 24.3 Å². The van der Waals surface area contributed by atoms with Crippen LogP contribution in [0.4, 0.5) is 0 Å². The van der Waals surface area contributed by atoms with E-state index in [-0.39, 0.29) is 11.8 Å². The quantitative estimate of drug-likeness (QED) is 0.598. The molecule has 8 nitrogen and oxygen atoms in total. The van der Waals surface area contributed by atoms with Gasteiger partial charge in [-0.1, -0.05) is 38.1 Å². The molecular formula is C27H43N5O3. The first-order chi connectivity index (χ1) is 16.9. The van der Waals surface area contributed by atoms with E-state index in [1.807, 2.05) is 4.90 Å². The van der Waals surface area contributed by atoms with E-state index in [1.165, 1.54) is 12.0 Å². The molecule has 0 saturated carbocycles. The number of morpholine rings is 1. The van der Waals surface area contributed by atoms with Crippen molar-refractivity contribution in [3.05, 3.63) is 35.4 Å². The molecule has 3 fully saturated rings. The van der Waals surface area contributed by atoms with Crippen molar-refractivity contribution in [1.29, 1.82) is 0 Å². The Morgan fingerprint density at radius 1 is 0.829 bits per heavy atom. The van der Waals surface area contributed by atoms with Gasteiger partial charge in [-0.05, 0) is 29.4 Å². The van der Waals surface area contributed by atoms with Gasteiger partial charge in [0, 0.05) is 65.4 Å². The third-order valence-corrected chi connectivity index (χ3v) is 7.44. The lowest BCUT2D eigenvalue weighted by molar-refractivity contribution is -0.135. The number of nitrogens with one attached hydrogen (secondary N) is 1. The molecule has 3 aliphatic heterocycles. The Labute approximate surface area is 210 Å². The molecule has 0 spiro atoms. The number of nitrogens with zero attached hydrogens (tertiary/aromatic N) is 4. The van der Waals surface area contributed by atoms with Crippen LogP contribution in [0.2, 0.25) is 0 Å². The van der Waals surface area contributed by atoms with Crippen LogP contribution in [0.3, 0.4) is 0 Å². The first-order valence-electron chi connectivity index (χ1n) is 13.3. The number of hydrogen-bond donors (Lipinski definition) is 1. The Hall–Kier alpha value is -2.00. The van der Waals surface area contributed by atoms with Gasteiger partial charge in [-0.15, -0.1) is 0 Å². The Bertz CT molecular complexity index is 809. The highest BCUT2D eigenvalue weighted by atomic mass is 16.5. The predicted octanol–water partition coefficient (Wildman–Crippen LogP) is 1.26. The summed E-state index contributed by atoms with van der Waals surface area (Å²) in [6, 6.07) is 8.52. The molecule has 2 unspecified atom stereocenters. The molecule has 3 aliphatic rings. The normalized spacial score (nSPS) is 24.9. The summed E-state index contributed by atoms with van der Waals surface area (Å²) in [5, 5.41) is 3.06. The van der Waals surface area contributed by atoms with Crippen LogP contribution in [0.1, 0.15) is 31.4 Å². The number of carbonyl (C=O) groups is 2. The fourth-order valence-electron chi connectivity index (χ4n) is 5.50. The summed E-state index contributed by atoms with van der Waals surface area (Å²) in [6.45, 7) is 15.6. The molecule has 3 saturated heterocycles. The van der Waals surface area contributed by atoms with Gasteiger partial charge in [-0.3, -0.25) is 24.3 Å². The van der Waals surface area contributed by atoms with Gasteiger partial charge in [-0.25, -0.2) is 0 Å². The second-order valence-electron chi connectivity index (χ2n) is 10.8. The monoisotopic (exact) mass is 485 g/mol. The van der Waals surface area contributed by atoms with Crippen LogP contribution in [0.5, 0.6) is 0 Å². The summed E-state index contributed by atoms with van der Waals surface area (Å²) in [5.41, 5.74) is 2.41. The average Bonchev–Trinajstić information content (AvgIpc) is 2.85. The number of piperazine rings is 1. The number of benzene rings is 1. The molecule has 0 radical (unpaired) electrons. The number of ether oxygens (including phenoxy) is 1. The highest BCUT2D eigenvalue weighted by Crippen LogP contribution is 2.21. The summed E-state index contributed by atoms with van der Waals surface area (Å²) < 4.78 is 5.41. The Balaban J connectivity index is 1.11. The number of hydrogen-bond acceptors (Lipinski definition) is 6. The molecule has 0 aromatic heterocycles. The van der Waals surface area contributed by atoms with E-state index in [0.29, 0.717) is 31.5 Å². The number of likely N-dealkylation sites (tertiary alicyclic amines) is 1. The fraction of sp³-hybridized carbons (Fsp3) is 0.704. The highest BCUT2D eigenvalue weighted by Gasteiger charge is 2.27. The maximum atomic E-state index is 12.8. The molecule has 4 rings (SSSR count). The number of amides is 2. The van der Waals surface area contributed by atoms with E-state index in [9.17, 15) is 9.59 Å². The van der Waals surface area contributed by atoms with Crippen molar-refractivity contribution in [3.8, 4) is 0 Å². The molecule has 1 aromatic carbocycles. The lowest BCUT2D eigenvalue weighted by Crippen LogP contribution is -2.53. The Morgan fingerprint density at radius 2 is 1.40 bits per heavy atom. The lowest BCUT2D eigenvalue weighted by atomic mass is 9.92. The molecule has 0 bridgehead atoms. The van der Waals surface area contributed by atoms with Crippen molar-refractivity contribution < 1.29 is 14.3 Å². The van der Waals surface area contributed by atoms with Gasteiger partial charge in [0.25, 0.3) is 0 Å². The Morgan fingerprint density at radius 3 is 2.03 bits per heavy atom. The third-order valence-electron chi connectivity index (χ3n) is 7.44. The van der Waals surface area contributed by atoms with E-state index < -0.39 is 0 Å². The van der Waals surface area contributed by atoms with Crippen LogP contribution in [-0.4, -0.2) is 110 Å². The Kier molecular flexibility index (Phi) is 9.54. The van der Waals surface area contributed by atoms with E-state index in [4.69, 9.17) is 4.74 Å². The second-order valence-corrected chi connectivity index (χ2v) is 10.8. The van der Waals surface area contributed by atoms with Crippen molar-refractivity contribution in [2.75, 3.05) is 78.7 Å². The summed E-state index contributed by atoms with van der Waals surface area (Å²) in [4.78, 5) is 34.1. The number of carbonyl (C=O) groups excluding carboxylic acids is 2. The van der Waals surface area contributed by atoms with Crippen LogP contribution < -0.4 is 5.32 Å². The number of rotatable bonds is 8. The largest absolute Gasteiger partial charge is 0.379 e. The lowest BCUT2D eigenvalue weighted by Gasteiger charge is -2.38. The van der Waals surface area contributed by atoms with Gasteiger partial charge in [0.15, 0.2) is 0 Å². The smallest absolute Gasteiger partial charge is 0.236 e. The minimum absolute atomic E-state index is 0.0585.